The van der Waals surface area contributed by atoms with Crippen molar-refractivity contribution in [3.05, 3.63) is 27.9 Å². The highest BCUT2D eigenvalue weighted by molar-refractivity contribution is 5.99. The maximum Gasteiger partial charge on any atom is 0.288 e. The Balaban J connectivity index is 3.19. The van der Waals surface area contributed by atoms with Gasteiger partial charge in [0, 0.05) is 18.7 Å². The summed E-state index contributed by atoms with van der Waals surface area (Å²) in [7, 11) is 0. The van der Waals surface area contributed by atoms with Gasteiger partial charge in [-0.1, -0.05) is 13.8 Å². The Bertz CT molecular complexity index is 517. The van der Waals surface area contributed by atoms with Gasteiger partial charge in [0.05, 0.1) is 17.1 Å². The van der Waals surface area contributed by atoms with Crippen molar-refractivity contribution in [3.63, 3.8) is 0 Å². The summed E-state index contributed by atoms with van der Waals surface area (Å²) in [5.74, 6) is -0.508. The summed E-state index contributed by atoms with van der Waals surface area (Å²) in [6.45, 7) is 3.82. The zero-order valence-electron chi connectivity index (χ0n) is 12.2. The lowest BCUT2D eigenvalue weighted by Crippen LogP contribution is -2.42. The number of pyridine rings is 1. The molecule has 8 heteroatoms. The Kier molecular flexibility index (Phi) is 6.04. The van der Waals surface area contributed by atoms with Crippen LogP contribution in [0.15, 0.2) is 12.3 Å². The van der Waals surface area contributed by atoms with E-state index < -0.39 is 10.8 Å². The number of nitrogens with two attached hydrogens (primary N) is 1. The smallest absolute Gasteiger partial charge is 0.288 e. The second-order valence-corrected chi connectivity index (χ2v) is 4.58. The molecule has 0 aliphatic rings. The van der Waals surface area contributed by atoms with Gasteiger partial charge in [-0.25, -0.2) is 4.98 Å². The molecule has 0 radical (unpaired) electrons. The largest absolute Gasteiger partial charge is 0.395 e. The molecule has 21 heavy (non-hydrogen) atoms. The van der Waals surface area contributed by atoms with Gasteiger partial charge in [0.1, 0.15) is 12.0 Å². The number of nitrogen functional groups attached to an aromatic ring is 1. The van der Waals surface area contributed by atoms with Gasteiger partial charge in [0.15, 0.2) is 0 Å². The van der Waals surface area contributed by atoms with Crippen molar-refractivity contribution in [2.75, 3.05) is 18.9 Å². The Morgan fingerprint density at radius 2 is 2.14 bits per heavy atom. The first kappa shape index (κ1) is 16.8. The molecule has 0 saturated carbocycles. The highest BCUT2D eigenvalue weighted by atomic mass is 16.6. The number of anilines is 1. The minimum absolute atomic E-state index is 0.00968. The molecule has 8 nitrogen and oxygen atoms in total. The molecule has 1 aromatic rings. The number of aliphatic hydroxyl groups excluding tert-OH is 1. The van der Waals surface area contributed by atoms with Crippen molar-refractivity contribution in [2.24, 2.45) is 0 Å². The molecule has 0 saturated heterocycles. The van der Waals surface area contributed by atoms with E-state index in [0.29, 0.717) is 12.8 Å². The van der Waals surface area contributed by atoms with Crippen LogP contribution in [0.4, 0.5) is 11.5 Å². The van der Waals surface area contributed by atoms with Crippen molar-refractivity contribution in [1.82, 2.24) is 9.88 Å². The molecule has 1 amide bonds. The molecule has 0 aromatic carbocycles. The number of rotatable bonds is 7. The summed E-state index contributed by atoms with van der Waals surface area (Å²) in [6.07, 6.45) is 2.44. The van der Waals surface area contributed by atoms with Crippen LogP contribution in [0.2, 0.25) is 0 Å². The number of aromatic nitrogens is 1. The molecule has 0 aliphatic carbocycles. The summed E-state index contributed by atoms with van der Waals surface area (Å²) in [4.78, 5) is 27.9. The van der Waals surface area contributed by atoms with E-state index >= 15 is 0 Å². The van der Waals surface area contributed by atoms with E-state index in [0.717, 1.165) is 12.3 Å². The summed E-state index contributed by atoms with van der Waals surface area (Å²) in [5, 5.41) is 19.9. The molecule has 0 unspecified atom stereocenters. The van der Waals surface area contributed by atoms with E-state index in [4.69, 9.17) is 10.8 Å². The minimum Gasteiger partial charge on any atom is -0.395 e. The van der Waals surface area contributed by atoms with Crippen LogP contribution in [0, 0.1) is 10.1 Å². The van der Waals surface area contributed by atoms with Crippen molar-refractivity contribution < 1.29 is 14.8 Å². The van der Waals surface area contributed by atoms with E-state index in [2.05, 4.69) is 4.98 Å². The molecule has 1 heterocycles. The average Bonchev–Trinajstić information content (AvgIpc) is 2.47. The third-order valence-electron chi connectivity index (χ3n) is 3.33. The summed E-state index contributed by atoms with van der Waals surface area (Å²) >= 11 is 0. The molecule has 3 N–H and O–H groups in total. The van der Waals surface area contributed by atoms with Crippen LogP contribution in [0.3, 0.4) is 0 Å². The molecule has 0 spiro atoms. The van der Waals surface area contributed by atoms with Gasteiger partial charge in [-0.15, -0.1) is 0 Å². The van der Waals surface area contributed by atoms with E-state index in [-0.39, 0.29) is 36.3 Å². The minimum atomic E-state index is -0.628. The number of amides is 1. The normalized spacial score (nSPS) is 10.7. The fourth-order valence-corrected chi connectivity index (χ4v) is 2.18. The van der Waals surface area contributed by atoms with Crippen LogP contribution >= 0.6 is 0 Å². The lowest BCUT2D eigenvalue weighted by molar-refractivity contribution is -0.385. The number of hydrogen-bond donors (Lipinski definition) is 2. The van der Waals surface area contributed by atoms with E-state index in [1.165, 1.54) is 4.90 Å². The Hall–Kier alpha value is -2.22. The van der Waals surface area contributed by atoms with Crippen molar-refractivity contribution in [1.29, 1.82) is 0 Å². The number of carbonyl (C=O) groups is 1. The third kappa shape index (κ3) is 3.88. The predicted octanol–water partition coefficient (Wildman–Crippen LogP) is 1.20. The molecule has 0 bridgehead atoms. The molecular weight excluding hydrogens is 276 g/mol. The number of carbonyl (C=O) groups excluding carboxylic acids is 1. The van der Waals surface area contributed by atoms with Crippen molar-refractivity contribution in [3.8, 4) is 0 Å². The zero-order chi connectivity index (χ0) is 16.0. The van der Waals surface area contributed by atoms with Crippen LogP contribution in [0.1, 0.15) is 37.0 Å². The Labute approximate surface area is 122 Å². The summed E-state index contributed by atoms with van der Waals surface area (Å²) < 4.78 is 0. The molecule has 0 aliphatic heterocycles. The van der Waals surface area contributed by atoms with E-state index in [1.807, 2.05) is 13.8 Å². The van der Waals surface area contributed by atoms with Crippen LogP contribution < -0.4 is 5.73 Å². The van der Waals surface area contributed by atoms with Gasteiger partial charge in [0.25, 0.3) is 11.6 Å². The van der Waals surface area contributed by atoms with Crippen LogP contribution in [0.5, 0.6) is 0 Å². The monoisotopic (exact) mass is 296 g/mol. The van der Waals surface area contributed by atoms with Crippen molar-refractivity contribution >= 4 is 17.4 Å². The van der Waals surface area contributed by atoms with Gasteiger partial charge in [-0.05, 0) is 12.8 Å². The standard InChI is InChI=1S/C13H20N4O4/c1-3-9(4-2)16(5-6-18)13(19)11-7-10(17(20)21)8-15-12(11)14/h7-9,18H,3-6H2,1-2H3,(H2,14,15). The van der Waals surface area contributed by atoms with Gasteiger partial charge in [0.2, 0.25) is 0 Å². The van der Waals surface area contributed by atoms with Crippen LogP contribution in [0.25, 0.3) is 0 Å². The SMILES string of the molecule is CCC(CC)N(CCO)C(=O)c1cc([N+](=O)[O-])cnc1N. The number of hydrogen-bond acceptors (Lipinski definition) is 6. The maximum absolute atomic E-state index is 12.6. The summed E-state index contributed by atoms with van der Waals surface area (Å²) in [6, 6.07) is 1.06. The predicted molar refractivity (Wildman–Crippen MR) is 77.8 cm³/mol. The van der Waals surface area contributed by atoms with Gasteiger partial charge >= 0.3 is 0 Å². The lowest BCUT2D eigenvalue weighted by Gasteiger charge is -2.30. The zero-order valence-corrected chi connectivity index (χ0v) is 12.2. The van der Waals surface area contributed by atoms with E-state index in [9.17, 15) is 14.9 Å². The molecule has 0 atom stereocenters. The van der Waals surface area contributed by atoms with E-state index in [1.54, 1.807) is 0 Å². The summed E-state index contributed by atoms with van der Waals surface area (Å²) in [5.41, 5.74) is 5.36. The molecule has 0 fully saturated rings. The first-order chi connectivity index (χ1) is 9.96. The van der Waals surface area contributed by atoms with Crippen LogP contribution in [-0.2, 0) is 0 Å². The number of nitro groups is 1. The second kappa shape index (κ2) is 7.53. The lowest BCUT2D eigenvalue weighted by atomic mass is 10.1. The van der Waals surface area contributed by atoms with Crippen molar-refractivity contribution in [2.45, 2.75) is 32.7 Å². The van der Waals surface area contributed by atoms with Gasteiger partial charge in [-0.2, -0.15) is 0 Å². The highest BCUT2D eigenvalue weighted by Crippen LogP contribution is 2.21. The number of nitrogens with zero attached hydrogens (tertiary/aromatic N) is 3. The fraction of sp³-hybridized carbons (Fsp3) is 0.538. The molecule has 1 rings (SSSR count). The molecular formula is C13H20N4O4. The van der Waals surface area contributed by atoms with Crippen LogP contribution in [-0.4, -0.2) is 45.0 Å². The molecule has 116 valence electrons. The highest BCUT2D eigenvalue weighted by Gasteiger charge is 2.25. The Morgan fingerprint density at radius 3 is 2.62 bits per heavy atom. The maximum atomic E-state index is 12.6. The molecule has 1 aromatic heterocycles. The fourth-order valence-electron chi connectivity index (χ4n) is 2.18. The Morgan fingerprint density at radius 1 is 1.52 bits per heavy atom. The topological polar surface area (TPSA) is 123 Å². The average molecular weight is 296 g/mol. The first-order valence-corrected chi connectivity index (χ1v) is 6.77. The second-order valence-electron chi connectivity index (χ2n) is 4.58. The van der Waals surface area contributed by atoms with Gasteiger partial charge in [-0.3, -0.25) is 14.9 Å². The van der Waals surface area contributed by atoms with Gasteiger partial charge < -0.3 is 15.7 Å². The quantitative estimate of drug-likeness (QED) is 0.575. The third-order valence-corrected chi connectivity index (χ3v) is 3.33. The first-order valence-electron chi connectivity index (χ1n) is 6.77. The number of aliphatic hydroxyl groups is 1.